The Balaban J connectivity index is 2.09. The Hall–Kier alpha value is -0.0400. The van der Waals surface area contributed by atoms with Crippen LogP contribution in [0.5, 0.6) is 0 Å². The van der Waals surface area contributed by atoms with Gasteiger partial charge in [0.05, 0.1) is 0 Å². The summed E-state index contributed by atoms with van der Waals surface area (Å²) in [5.74, 6) is 0.911. The molecule has 106 valence electrons. The molecule has 0 saturated carbocycles. The molecule has 0 aromatic rings. The van der Waals surface area contributed by atoms with Gasteiger partial charge in [0.2, 0.25) is 0 Å². The summed E-state index contributed by atoms with van der Waals surface area (Å²) in [7, 11) is 0. The molecule has 1 heteroatoms. The van der Waals surface area contributed by atoms with Crippen LogP contribution in [-0.4, -0.2) is 23.5 Å². The van der Waals surface area contributed by atoms with Crippen LogP contribution in [0.3, 0.4) is 0 Å². The molecule has 2 aliphatic heterocycles. The molecule has 2 saturated heterocycles. The quantitative estimate of drug-likeness (QED) is 0.634. The van der Waals surface area contributed by atoms with Crippen molar-refractivity contribution in [1.29, 1.82) is 0 Å². The maximum absolute atomic E-state index is 2.93. The number of rotatable bonds is 1. The van der Waals surface area contributed by atoms with E-state index >= 15 is 0 Å². The summed E-state index contributed by atoms with van der Waals surface area (Å²) in [6, 6.07) is 1.78. The molecule has 0 aliphatic carbocycles. The van der Waals surface area contributed by atoms with Gasteiger partial charge in [-0.1, -0.05) is 52.4 Å². The summed E-state index contributed by atoms with van der Waals surface area (Å²) in [6.07, 6.45) is 16.1. The highest BCUT2D eigenvalue weighted by Crippen LogP contribution is 2.30. The molecule has 2 aliphatic rings. The fourth-order valence-corrected chi connectivity index (χ4v) is 4.30. The molecule has 1 nitrogen and oxygen atoms in total. The van der Waals surface area contributed by atoms with E-state index in [2.05, 4.69) is 18.7 Å². The Bertz CT molecular complexity index is 226. The highest BCUT2D eigenvalue weighted by molar-refractivity contribution is 4.84. The lowest BCUT2D eigenvalue weighted by Gasteiger charge is -2.40. The molecule has 0 spiro atoms. The normalized spacial score (nSPS) is 36.7. The second kappa shape index (κ2) is 7.53. The van der Waals surface area contributed by atoms with E-state index in [1.54, 1.807) is 0 Å². The first-order valence-electron chi connectivity index (χ1n) is 8.58. The maximum atomic E-state index is 2.93. The Morgan fingerprint density at radius 3 is 2.11 bits per heavy atom. The van der Waals surface area contributed by atoms with Gasteiger partial charge in [-0.3, -0.25) is 4.90 Å². The summed E-state index contributed by atoms with van der Waals surface area (Å²) in [5, 5.41) is 0. The first-order chi connectivity index (χ1) is 8.83. The van der Waals surface area contributed by atoms with E-state index in [1.165, 1.54) is 77.2 Å². The molecule has 18 heavy (non-hydrogen) atoms. The van der Waals surface area contributed by atoms with Crippen LogP contribution in [0.1, 0.15) is 84.5 Å². The minimum atomic E-state index is 0.867. The van der Waals surface area contributed by atoms with Crippen LogP contribution < -0.4 is 0 Å². The van der Waals surface area contributed by atoms with Crippen molar-refractivity contribution >= 4 is 0 Å². The van der Waals surface area contributed by atoms with Crippen molar-refractivity contribution in [3.05, 3.63) is 0 Å². The third-order valence-corrected chi connectivity index (χ3v) is 5.37. The van der Waals surface area contributed by atoms with Gasteiger partial charge in [-0.2, -0.15) is 0 Å². The van der Waals surface area contributed by atoms with E-state index < -0.39 is 0 Å². The monoisotopic (exact) mass is 251 g/mol. The largest absolute Gasteiger partial charge is 0.297 e. The van der Waals surface area contributed by atoms with Gasteiger partial charge < -0.3 is 0 Å². The second-order valence-corrected chi connectivity index (χ2v) is 6.69. The molecular formula is C17H33N. The van der Waals surface area contributed by atoms with Crippen molar-refractivity contribution in [2.45, 2.75) is 96.6 Å². The van der Waals surface area contributed by atoms with Crippen molar-refractivity contribution in [3.8, 4) is 0 Å². The van der Waals surface area contributed by atoms with Crippen molar-refractivity contribution in [2.24, 2.45) is 5.92 Å². The van der Waals surface area contributed by atoms with Crippen molar-refractivity contribution < 1.29 is 0 Å². The van der Waals surface area contributed by atoms with Crippen molar-refractivity contribution in [2.75, 3.05) is 6.54 Å². The molecule has 2 heterocycles. The lowest BCUT2D eigenvalue weighted by Crippen LogP contribution is -2.46. The van der Waals surface area contributed by atoms with Gasteiger partial charge in [-0.25, -0.2) is 0 Å². The van der Waals surface area contributed by atoms with E-state index in [4.69, 9.17) is 0 Å². The standard InChI is InChI=1S/C17H33N/c1-3-17-15(2)11-7-4-5-8-12-16-13-9-6-10-14-18(16)17/h15-17H,3-14H2,1-2H3. The highest BCUT2D eigenvalue weighted by Gasteiger charge is 2.29. The molecule has 3 unspecified atom stereocenters. The Labute approximate surface area is 114 Å². The van der Waals surface area contributed by atoms with Gasteiger partial charge in [0.1, 0.15) is 0 Å². The summed E-state index contributed by atoms with van der Waals surface area (Å²) in [6.45, 7) is 6.31. The lowest BCUT2D eigenvalue weighted by atomic mass is 9.88. The summed E-state index contributed by atoms with van der Waals surface area (Å²) >= 11 is 0. The maximum Gasteiger partial charge on any atom is 0.0121 e. The van der Waals surface area contributed by atoms with Crippen LogP contribution in [0, 0.1) is 5.92 Å². The number of hydrogen-bond donors (Lipinski definition) is 0. The first-order valence-corrected chi connectivity index (χ1v) is 8.58. The van der Waals surface area contributed by atoms with Gasteiger partial charge in [0, 0.05) is 12.1 Å². The molecule has 0 aromatic heterocycles. The van der Waals surface area contributed by atoms with Gasteiger partial charge in [0.25, 0.3) is 0 Å². The van der Waals surface area contributed by atoms with Crippen molar-refractivity contribution in [3.63, 3.8) is 0 Å². The third-order valence-electron chi connectivity index (χ3n) is 5.37. The minimum Gasteiger partial charge on any atom is -0.297 e. The molecule has 3 atom stereocenters. The molecule has 0 aromatic carbocycles. The average molecular weight is 251 g/mol. The summed E-state index contributed by atoms with van der Waals surface area (Å²) < 4.78 is 0. The van der Waals surface area contributed by atoms with Gasteiger partial charge in [-0.05, 0) is 44.6 Å². The van der Waals surface area contributed by atoms with Crippen LogP contribution >= 0.6 is 0 Å². The van der Waals surface area contributed by atoms with E-state index in [0.717, 1.165) is 18.0 Å². The Kier molecular flexibility index (Phi) is 6.01. The smallest absolute Gasteiger partial charge is 0.0121 e. The lowest BCUT2D eigenvalue weighted by molar-refractivity contribution is 0.0807. The number of nitrogens with zero attached hydrogens (tertiary/aromatic N) is 1. The molecule has 2 rings (SSSR count). The minimum absolute atomic E-state index is 0.867. The number of hydrogen-bond acceptors (Lipinski definition) is 1. The second-order valence-electron chi connectivity index (χ2n) is 6.69. The van der Waals surface area contributed by atoms with Gasteiger partial charge in [0.15, 0.2) is 0 Å². The number of fused-ring (bicyclic) bond motifs is 1. The van der Waals surface area contributed by atoms with Crippen LogP contribution in [0.15, 0.2) is 0 Å². The highest BCUT2D eigenvalue weighted by atomic mass is 15.2. The van der Waals surface area contributed by atoms with E-state index in [0.29, 0.717) is 0 Å². The van der Waals surface area contributed by atoms with Crippen LogP contribution in [-0.2, 0) is 0 Å². The van der Waals surface area contributed by atoms with Gasteiger partial charge in [-0.15, -0.1) is 0 Å². The van der Waals surface area contributed by atoms with E-state index in [1.807, 2.05) is 0 Å². The van der Waals surface area contributed by atoms with E-state index in [-0.39, 0.29) is 0 Å². The first kappa shape index (κ1) is 14.4. The molecule has 0 bridgehead atoms. The zero-order valence-electron chi connectivity index (χ0n) is 12.7. The Morgan fingerprint density at radius 2 is 1.44 bits per heavy atom. The molecule has 0 N–H and O–H groups in total. The van der Waals surface area contributed by atoms with Crippen molar-refractivity contribution in [1.82, 2.24) is 4.90 Å². The van der Waals surface area contributed by atoms with E-state index in [9.17, 15) is 0 Å². The zero-order chi connectivity index (χ0) is 12.8. The molecule has 0 radical (unpaired) electrons. The summed E-state index contributed by atoms with van der Waals surface area (Å²) in [5.41, 5.74) is 0. The fraction of sp³-hybridized carbons (Fsp3) is 1.00. The SMILES string of the molecule is CCC1C(C)CCCCCCC2CCCCCN21. The fourth-order valence-electron chi connectivity index (χ4n) is 4.30. The van der Waals surface area contributed by atoms with Gasteiger partial charge >= 0.3 is 0 Å². The van der Waals surface area contributed by atoms with Crippen LogP contribution in [0.2, 0.25) is 0 Å². The van der Waals surface area contributed by atoms with Crippen LogP contribution in [0.25, 0.3) is 0 Å². The zero-order valence-corrected chi connectivity index (χ0v) is 12.7. The molecule has 2 fully saturated rings. The third kappa shape index (κ3) is 3.73. The average Bonchev–Trinajstić information content (AvgIpc) is 2.60. The predicted octanol–water partition coefficient (Wildman–Crippen LogP) is 5.00. The predicted molar refractivity (Wildman–Crippen MR) is 79.9 cm³/mol. The molecular weight excluding hydrogens is 218 g/mol. The molecule has 0 amide bonds. The summed E-state index contributed by atoms with van der Waals surface area (Å²) in [4.78, 5) is 2.93. The Morgan fingerprint density at radius 1 is 0.833 bits per heavy atom. The van der Waals surface area contributed by atoms with Crippen LogP contribution in [0.4, 0.5) is 0 Å². The topological polar surface area (TPSA) is 3.24 Å².